The quantitative estimate of drug-likeness (QED) is 0.819. The first kappa shape index (κ1) is 9.62. The normalized spacial score (nSPS) is 10.7. The van der Waals surface area contributed by atoms with Gasteiger partial charge in [-0.1, -0.05) is 34.1 Å². The van der Waals surface area contributed by atoms with E-state index in [0.29, 0.717) is 6.61 Å². The molecule has 0 aliphatic heterocycles. The second-order valence-electron chi connectivity index (χ2n) is 3.04. The van der Waals surface area contributed by atoms with Crippen LogP contribution in [0.2, 0.25) is 0 Å². The highest BCUT2D eigenvalue weighted by molar-refractivity contribution is 9.10. The number of rotatable bonds is 2. The lowest BCUT2D eigenvalue weighted by atomic mass is 10.1. The molecule has 2 aromatic rings. The standard InChI is InChI=1S/C11H10BrNO/c1-14-7-8-3-2-4-9-10(12)5-6-13-11(8)9/h2-6H,7H2,1H3. The number of ether oxygens (including phenoxy) is 1. The van der Waals surface area contributed by atoms with E-state index in [4.69, 9.17) is 4.74 Å². The van der Waals surface area contributed by atoms with Crippen molar-refractivity contribution in [1.29, 1.82) is 0 Å². The molecule has 0 radical (unpaired) electrons. The summed E-state index contributed by atoms with van der Waals surface area (Å²) in [5.41, 5.74) is 2.12. The molecule has 3 heteroatoms. The molecule has 0 bridgehead atoms. The molecule has 0 saturated carbocycles. The number of benzene rings is 1. The molecule has 2 rings (SSSR count). The first-order valence-electron chi connectivity index (χ1n) is 4.34. The van der Waals surface area contributed by atoms with Gasteiger partial charge >= 0.3 is 0 Å². The third-order valence-electron chi connectivity index (χ3n) is 2.10. The topological polar surface area (TPSA) is 22.1 Å². The van der Waals surface area contributed by atoms with E-state index in [9.17, 15) is 0 Å². The lowest BCUT2D eigenvalue weighted by Crippen LogP contribution is -1.91. The van der Waals surface area contributed by atoms with Crippen LogP contribution in [0.3, 0.4) is 0 Å². The maximum atomic E-state index is 5.12. The fraction of sp³-hybridized carbons (Fsp3) is 0.182. The Balaban J connectivity index is 2.68. The molecular weight excluding hydrogens is 242 g/mol. The van der Waals surface area contributed by atoms with Crippen molar-refractivity contribution in [3.63, 3.8) is 0 Å². The van der Waals surface area contributed by atoms with Crippen molar-refractivity contribution >= 4 is 26.8 Å². The predicted molar refractivity (Wildman–Crippen MR) is 60.2 cm³/mol. The molecule has 0 unspecified atom stereocenters. The van der Waals surface area contributed by atoms with E-state index in [-0.39, 0.29) is 0 Å². The lowest BCUT2D eigenvalue weighted by molar-refractivity contribution is 0.186. The van der Waals surface area contributed by atoms with E-state index in [1.807, 2.05) is 24.3 Å². The Labute approximate surface area is 91.0 Å². The van der Waals surface area contributed by atoms with E-state index >= 15 is 0 Å². The van der Waals surface area contributed by atoms with Crippen molar-refractivity contribution in [2.24, 2.45) is 0 Å². The van der Waals surface area contributed by atoms with E-state index in [1.165, 1.54) is 0 Å². The number of pyridine rings is 1. The zero-order chi connectivity index (χ0) is 9.97. The van der Waals surface area contributed by atoms with Crippen molar-refractivity contribution in [2.45, 2.75) is 6.61 Å². The molecule has 0 spiro atoms. The number of methoxy groups -OCH3 is 1. The summed E-state index contributed by atoms with van der Waals surface area (Å²) in [6, 6.07) is 8.04. The van der Waals surface area contributed by atoms with Gasteiger partial charge in [-0.3, -0.25) is 4.98 Å². The van der Waals surface area contributed by atoms with Crippen LogP contribution in [-0.4, -0.2) is 12.1 Å². The molecule has 2 nitrogen and oxygen atoms in total. The molecule has 0 fully saturated rings. The summed E-state index contributed by atoms with van der Waals surface area (Å²) in [4.78, 5) is 4.35. The maximum absolute atomic E-state index is 5.12. The number of para-hydroxylation sites is 1. The second-order valence-corrected chi connectivity index (χ2v) is 3.89. The van der Waals surface area contributed by atoms with Crippen LogP contribution >= 0.6 is 15.9 Å². The Bertz CT molecular complexity index is 456. The molecule has 1 aromatic carbocycles. The minimum absolute atomic E-state index is 0.598. The zero-order valence-corrected chi connectivity index (χ0v) is 9.41. The first-order valence-corrected chi connectivity index (χ1v) is 5.13. The monoisotopic (exact) mass is 251 g/mol. The zero-order valence-electron chi connectivity index (χ0n) is 7.83. The summed E-state index contributed by atoms with van der Waals surface area (Å²) >= 11 is 3.50. The van der Waals surface area contributed by atoms with Crippen molar-refractivity contribution in [3.8, 4) is 0 Å². The molecule has 14 heavy (non-hydrogen) atoms. The minimum atomic E-state index is 0.598. The van der Waals surface area contributed by atoms with Gasteiger partial charge in [-0.05, 0) is 6.07 Å². The lowest BCUT2D eigenvalue weighted by Gasteiger charge is -2.05. The molecule has 72 valence electrons. The van der Waals surface area contributed by atoms with Gasteiger partial charge in [0.2, 0.25) is 0 Å². The average molecular weight is 252 g/mol. The molecule has 0 aliphatic rings. The van der Waals surface area contributed by atoms with Crippen LogP contribution in [0.1, 0.15) is 5.56 Å². The highest BCUT2D eigenvalue weighted by Gasteiger charge is 2.03. The number of halogens is 1. The highest BCUT2D eigenvalue weighted by atomic mass is 79.9. The minimum Gasteiger partial charge on any atom is -0.380 e. The number of hydrogen-bond acceptors (Lipinski definition) is 2. The number of aromatic nitrogens is 1. The largest absolute Gasteiger partial charge is 0.380 e. The second kappa shape index (κ2) is 4.07. The molecule has 0 amide bonds. The molecular formula is C11H10BrNO. The van der Waals surface area contributed by atoms with E-state index in [2.05, 4.69) is 20.9 Å². The molecule has 0 saturated heterocycles. The smallest absolute Gasteiger partial charge is 0.0768 e. The Morgan fingerprint density at radius 2 is 2.21 bits per heavy atom. The van der Waals surface area contributed by atoms with E-state index in [1.54, 1.807) is 13.3 Å². The number of hydrogen-bond donors (Lipinski definition) is 0. The molecule has 1 aromatic heterocycles. The van der Waals surface area contributed by atoms with E-state index < -0.39 is 0 Å². The third-order valence-corrected chi connectivity index (χ3v) is 2.79. The van der Waals surface area contributed by atoms with Gasteiger partial charge in [0, 0.05) is 28.7 Å². The first-order chi connectivity index (χ1) is 6.83. The Morgan fingerprint density at radius 1 is 1.36 bits per heavy atom. The van der Waals surface area contributed by atoms with Crippen molar-refractivity contribution in [3.05, 3.63) is 40.5 Å². The maximum Gasteiger partial charge on any atom is 0.0768 e. The Morgan fingerprint density at radius 3 is 3.00 bits per heavy atom. The Kier molecular flexibility index (Phi) is 2.79. The van der Waals surface area contributed by atoms with Crippen LogP contribution in [0.5, 0.6) is 0 Å². The molecule has 0 N–H and O–H groups in total. The molecule has 0 atom stereocenters. The van der Waals surface area contributed by atoms with E-state index in [0.717, 1.165) is 20.9 Å². The summed E-state index contributed by atoms with van der Waals surface area (Å²) in [5.74, 6) is 0. The number of nitrogens with zero attached hydrogens (tertiary/aromatic N) is 1. The summed E-state index contributed by atoms with van der Waals surface area (Å²) in [7, 11) is 1.69. The van der Waals surface area contributed by atoms with Gasteiger partial charge in [0.15, 0.2) is 0 Å². The van der Waals surface area contributed by atoms with Crippen molar-refractivity contribution in [2.75, 3.05) is 7.11 Å². The highest BCUT2D eigenvalue weighted by Crippen LogP contribution is 2.24. The van der Waals surface area contributed by atoms with Crippen LogP contribution < -0.4 is 0 Å². The summed E-state index contributed by atoms with van der Waals surface area (Å²) in [5, 5.41) is 1.13. The third kappa shape index (κ3) is 1.65. The fourth-order valence-corrected chi connectivity index (χ4v) is 1.91. The van der Waals surface area contributed by atoms with Gasteiger partial charge in [-0.25, -0.2) is 0 Å². The van der Waals surface area contributed by atoms with Crippen LogP contribution in [0.25, 0.3) is 10.9 Å². The molecule has 1 heterocycles. The fourth-order valence-electron chi connectivity index (χ4n) is 1.48. The van der Waals surface area contributed by atoms with Gasteiger partial charge in [0.1, 0.15) is 0 Å². The SMILES string of the molecule is COCc1cccc2c(Br)ccnc12. The van der Waals surface area contributed by atoms with Gasteiger partial charge in [-0.15, -0.1) is 0 Å². The van der Waals surface area contributed by atoms with Gasteiger partial charge < -0.3 is 4.74 Å². The van der Waals surface area contributed by atoms with Crippen LogP contribution in [-0.2, 0) is 11.3 Å². The predicted octanol–water partition coefficient (Wildman–Crippen LogP) is 3.14. The summed E-state index contributed by atoms with van der Waals surface area (Å²) < 4.78 is 6.19. The molecule has 0 aliphatic carbocycles. The van der Waals surface area contributed by atoms with Gasteiger partial charge in [0.25, 0.3) is 0 Å². The van der Waals surface area contributed by atoms with Crippen LogP contribution in [0.4, 0.5) is 0 Å². The van der Waals surface area contributed by atoms with Crippen LogP contribution in [0.15, 0.2) is 34.9 Å². The van der Waals surface area contributed by atoms with Crippen molar-refractivity contribution in [1.82, 2.24) is 4.98 Å². The Hall–Kier alpha value is -0.930. The van der Waals surface area contributed by atoms with Crippen LogP contribution in [0, 0.1) is 0 Å². The van der Waals surface area contributed by atoms with Gasteiger partial charge in [0.05, 0.1) is 12.1 Å². The average Bonchev–Trinajstić information content (AvgIpc) is 2.20. The number of fused-ring (bicyclic) bond motifs is 1. The summed E-state index contributed by atoms with van der Waals surface area (Å²) in [6.07, 6.45) is 1.80. The summed E-state index contributed by atoms with van der Waals surface area (Å²) in [6.45, 7) is 0.598. The van der Waals surface area contributed by atoms with Gasteiger partial charge in [-0.2, -0.15) is 0 Å². The van der Waals surface area contributed by atoms with Crippen molar-refractivity contribution < 1.29 is 4.74 Å².